The monoisotopic (exact) mass is 366 g/mol. The summed E-state index contributed by atoms with van der Waals surface area (Å²) in [5.41, 5.74) is 2.22. The molecule has 0 aliphatic rings. The zero-order valence-corrected chi connectivity index (χ0v) is 15.9. The third kappa shape index (κ3) is 3.63. The molecule has 0 fully saturated rings. The largest absolute Gasteiger partial charge is 0.496 e. The number of anilines is 1. The number of hydrogen-bond acceptors (Lipinski definition) is 6. The van der Waals surface area contributed by atoms with E-state index >= 15 is 0 Å². The van der Waals surface area contributed by atoms with Crippen molar-refractivity contribution in [1.29, 1.82) is 0 Å². The number of aromatic nitrogens is 1. The number of hydrogen-bond donors (Lipinski definition) is 1. The molecule has 1 aromatic heterocycles. The minimum absolute atomic E-state index is 0.128. The zero-order chi connectivity index (χ0) is 18.8. The number of nitrogens with one attached hydrogen (secondary N) is 1. The van der Waals surface area contributed by atoms with E-state index < -0.39 is 10.0 Å². The number of nitrogens with zero attached hydrogens (tertiary/aromatic N) is 1. The van der Waals surface area contributed by atoms with Gasteiger partial charge < -0.3 is 14.2 Å². The maximum atomic E-state index is 13.0. The van der Waals surface area contributed by atoms with Crippen molar-refractivity contribution in [2.45, 2.75) is 25.7 Å². The molecule has 0 saturated carbocycles. The predicted molar refractivity (Wildman–Crippen MR) is 95.4 cm³/mol. The van der Waals surface area contributed by atoms with E-state index in [1.54, 1.807) is 39.2 Å². The number of benzene rings is 1. The van der Waals surface area contributed by atoms with Crippen LogP contribution in [0.25, 0.3) is 0 Å². The van der Waals surface area contributed by atoms with Crippen LogP contribution >= 0.6 is 0 Å². The van der Waals surface area contributed by atoms with E-state index in [1.807, 2.05) is 6.92 Å². The van der Waals surface area contributed by atoms with Crippen LogP contribution < -0.4 is 18.9 Å². The molecule has 0 atom stereocenters. The summed E-state index contributed by atoms with van der Waals surface area (Å²) in [5.74, 6) is 1.11. The van der Waals surface area contributed by atoms with Gasteiger partial charge in [0.05, 0.1) is 26.2 Å². The highest BCUT2D eigenvalue weighted by Gasteiger charge is 2.24. The first-order valence-corrected chi connectivity index (χ1v) is 9.00. The standard InChI is InChI=1S/C17H22N2O5S/c1-10-9-14(22-4)11(2)12(3)16(10)25(20,21)19-13-7-8-15(23-5)18-17(13)24-6/h7-9,19H,1-6H3. The van der Waals surface area contributed by atoms with E-state index in [4.69, 9.17) is 14.2 Å². The van der Waals surface area contributed by atoms with Gasteiger partial charge in [0.25, 0.3) is 10.0 Å². The van der Waals surface area contributed by atoms with Crippen LogP contribution in [0.3, 0.4) is 0 Å². The molecular formula is C17H22N2O5S. The molecule has 0 amide bonds. The van der Waals surface area contributed by atoms with Crippen molar-refractivity contribution in [3.8, 4) is 17.5 Å². The van der Waals surface area contributed by atoms with Gasteiger partial charge in [-0.2, -0.15) is 4.98 Å². The van der Waals surface area contributed by atoms with Gasteiger partial charge in [0.2, 0.25) is 11.8 Å². The topological polar surface area (TPSA) is 86.8 Å². The lowest BCUT2D eigenvalue weighted by atomic mass is 10.1. The summed E-state index contributed by atoms with van der Waals surface area (Å²) in [6.45, 7) is 5.30. The fourth-order valence-corrected chi connectivity index (χ4v) is 4.20. The van der Waals surface area contributed by atoms with Crippen molar-refractivity contribution in [3.63, 3.8) is 0 Å². The highest BCUT2D eigenvalue weighted by atomic mass is 32.2. The van der Waals surface area contributed by atoms with Crippen LogP contribution in [0.5, 0.6) is 17.5 Å². The predicted octanol–water partition coefficient (Wildman–Crippen LogP) is 2.83. The van der Waals surface area contributed by atoms with Gasteiger partial charge in [0.15, 0.2) is 0 Å². The van der Waals surface area contributed by atoms with Gasteiger partial charge in [-0.1, -0.05) is 0 Å². The normalized spacial score (nSPS) is 11.1. The molecule has 2 rings (SSSR count). The fraction of sp³-hybridized carbons (Fsp3) is 0.353. The molecule has 0 aliphatic heterocycles. The molecular weight excluding hydrogens is 344 g/mol. The Morgan fingerprint density at radius 3 is 2.20 bits per heavy atom. The SMILES string of the molecule is COc1ccc(NS(=O)(=O)c2c(C)cc(OC)c(C)c2C)c(OC)n1. The molecule has 0 aliphatic carbocycles. The molecule has 8 heteroatoms. The number of sulfonamides is 1. The summed E-state index contributed by atoms with van der Waals surface area (Å²) in [6, 6.07) is 4.81. The lowest BCUT2D eigenvalue weighted by Crippen LogP contribution is -2.17. The first-order valence-electron chi connectivity index (χ1n) is 7.51. The minimum atomic E-state index is -3.84. The Labute approximate surface area is 148 Å². The van der Waals surface area contributed by atoms with Gasteiger partial charge in [-0.05, 0) is 49.6 Å². The Morgan fingerprint density at radius 2 is 1.64 bits per heavy atom. The molecule has 0 bridgehead atoms. The molecule has 0 unspecified atom stereocenters. The van der Waals surface area contributed by atoms with E-state index in [1.165, 1.54) is 14.2 Å². The molecule has 0 radical (unpaired) electrons. The van der Waals surface area contributed by atoms with Crippen molar-refractivity contribution < 1.29 is 22.6 Å². The van der Waals surface area contributed by atoms with E-state index in [0.717, 1.165) is 5.56 Å². The van der Waals surface area contributed by atoms with Gasteiger partial charge >= 0.3 is 0 Å². The van der Waals surface area contributed by atoms with Gasteiger partial charge in [0.1, 0.15) is 11.4 Å². The van der Waals surface area contributed by atoms with Crippen molar-refractivity contribution in [2.24, 2.45) is 0 Å². The van der Waals surface area contributed by atoms with E-state index in [9.17, 15) is 8.42 Å². The fourth-order valence-electron chi connectivity index (χ4n) is 2.61. The Hall–Kier alpha value is -2.48. The van der Waals surface area contributed by atoms with Crippen molar-refractivity contribution in [2.75, 3.05) is 26.1 Å². The lowest BCUT2D eigenvalue weighted by molar-refractivity contribution is 0.366. The lowest BCUT2D eigenvalue weighted by Gasteiger charge is -2.18. The molecule has 25 heavy (non-hydrogen) atoms. The molecule has 7 nitrogen and oxygen atoms in total. The Bertz CT molecular complexity index is 894. The minimum Gasteiger partial charge on any atom is -0.496 e. The van der Waals surface area contributed by atoms with Gasteiger partial charge in [-0.3, -0.25) is 4.72 Å². The molecule has 0 saturated heterocycles. The summed E-state index contributed by atoms with van der Waals surface area (Å²) in [5, 5.41) is 0. The first-order chi connectivity index (χ1) is 11.7. The van der Waals surface area contributed by atoms with Crippen LogP contribution in [0.1, 0.15) is 16.7 Å². The smallest absolute Gasteiger partial charge is 0.262 e. The molecule has 1 aromatic carbocycles. The van der Waals surface area contributed by atoms with E-state index in [0.29, 0.717) is 22.8 Å². The number of aryl methyl sites for hydroxylation is 1. The van der Waals surface area contributed by atoms with Gasteiger partial charge in [0, 0.05) is 6.07 Å². The highest BCUT2D eigenvalue weighted by molar-refractivity contribution is 7.92. The third-order valence-corrected chi connectivity index (χ3v) is 5.60. The number of methoxy groups -OCH3 is 3. The van der Waals surface area contributed by atoms with Crippen LogP contribution in [0.15, 0.2) is 23.1 Å². The van der Waals surface area contributed by atoms with Crippen molar-refractivity contribution >= 4 is 15.7 Å². The number of pyridine rings is 1. The molecule has 1 heterocycles. The number of rotatable bonds is 6. The maximum Gasteiger partial charge on any atom is 0.262 e. The average Bonchev–Trinajstić information content (AvgIpc) is 2.57. The van der Waals surface area contributed by atoms with E-state index in [2.05, 4.69) is 9.71 Å². The highest BCUT2D eigenvalue weighted by Crippen LogP contribution is 2.33. The van der Waals surface area contributed by atoms with Crippen LogP contribution in [-0.2, 0) is 10.0 Å². The van der Waals surface area contributed by atoms with Crippen molar-refractivity contribution in [3.05, 3.63) is 34.9 Å². The van der Waals surface area contributed by atoms with Crippen LogP contribution in [0, 0.1) is 20.8 Å². The van der Waals surface area contributed by atoms with Crippen LogP contribution in [0.2, 0.25) is 0 Å². The first kappa shape index (κ1) is 18.9. The zero-order valence-electron chi connectivity index (χ0n) is 15.1. The van der Waals surface area contributed by atoms with Crippen LogP contribution in [0.4, 0.5) is 5.69 Å². The summed E-state index contributed by atoms with van der Waals surface area (Å²) in [6.07, 6.45) is 0. The quantitative estimate of drug-likeness (QED) is 0.846. The maximum absolute atomic E-state index is 13.0. The second-order valence-electron chi connectivity index (χ2n) is 5.49. The number of ether oxygens (including phenoxy) is 3. The summed E-state index contributed by atoms with van der Waals surface area (Å²) < 4.78 is 43.9. The Morgan fingerprint density at radius 1 is 0.960 bits per heavy atom. The van der Waals surface area contributed by atoms with Crippen molar-refractivity contribution in [1.82, 2.24) is 4.98 Å². The molecule has 0 spiro atoms. The second kappa shape index (κ2) is 7.18. The third-order valence-electron chi connectivity index (χ3n) is 3.95. The molecule has 1 N–H and O–H groups in total. The Balaban J connectivity index is 2.53. The Kier molecular flexibility index (Phi) is 5.42. The summed E-state index contributed by atoms with van der Waals surface area (Å²) in [4.78, 5) is 4.30. The van der Waals surface area contributed by atoms with Crippen LogP contribution in [-0.4, -0.2) is 34.7 Å². The van der Waals surface area contributed by atoms with E-state index in [-0.39, 0.29) is 16.5 Å². The summed E-state index contributed by atoms with van der Waals surface area (Å²) in [7, 11) is 0.597. The average molecular weight is 366 g/mol. The molecule has 136 valence electrons. The van der Waals surface area contributed by atoms with Gasteiger partial charge in [-0.15, -0.1) is 0 Å². The summed E-state index contributed by atoms with van der Waals surface area (Å²) >= 11 is 0. The van der Waals surface area contributed by atoms with Gasteiger partial charge in [-0.25, -0.2) is 8.42 Å². The molecule has 2 aromatic rings. The second-order valence-corrected chi connectivity index (χ2v) is 7.11.